The molecular formula is C11H9N3O3. The minimum Gasteiger partial charge on any atom is -0.366 e. The lowest BCUT2D eigenvalue weighted by molar-refractivity contribution is -0.113. The van der Waals surface area contributed by atoms with E-state index >= 15 is 0 Å². The minimum absolute atomic E-state index is 0.344. The van der Waals surface area contributed by atoms with Crippen LogP contribution in [0.2, 0.25) is 0 Å². The van der Waals surface area contributed by atoms with Gasteiger partial charge in [0.1, 0.15) is 0 Å². The molecule has 0 fully saturated rings. The molecule has 0 bridgehead atoms. The van der Waals surface area contributed by atoms with Gasteiger partial charge in [0, 0.05) is 6.08 Å². The lowest BCUT2D eigenvalue weighted by Gasteiger charge is -1.97. The van der Waals surface area contributed by atoms with Crippen molar-refractivity contribution in [2.24, 2.45) is 5.73 Å². The Labute approximate surface area is 94.8 Å². The molecule has 0 saturated carbocycles. The van der Waals surface area contributed by atoms with Gasteiger partial charge in [-0.15, -0.1) is 0 Å². The van der Waals surface area contributed by atoms with E-state index in [1.807, 2.05) is 0 Å². The van der Waals surface area contributed by atoms with Gasteiger partial charge in [-0.1, -0.05) is 6.07 Å². The lowest BCUT2D eigenvalue weighted by atomic mass is 10.1. The van der Waals surface area contributed by atoms with Gasteiger partial charge >= 0.3 is 5.69 Å². The smallest absolute Gasteiger partial charge is 0.326 e. The first-order chi connectivity index (χ1) is 8.06. The molecule has 0 aliphatic carbocycles. The Morgan fingerprint density at radius 3 is 2.71 bits per heavy atom. The Morgan fingerprint density at radius 2 is 2.00 bits per heavy atom. The summed E-state index contributed by atoms with van der Waals surface area (Å²) in [7, 11) is 0. The summed E-state index contributed by atoms with van der Waals surface area (Å²) in [6.45, 7) is 0. The summed E-state index contributed by atoms with van der Waals surface area (Å²) in [5.74, 6) is -0.569. The minimum atomic E-state index is -0.569. The SMILES string of the molecule is NC(=O)C=Cc1ccc2[nH]c(=O)[nH]c(=O)c2c1. The fourth-order valence-corrected chi connectivity index (χ4v) is 1.46. The third kappa shape index (κ3) is 2.31. The highest BCUT2D eigenvalue weighted by Gasteiger charge is 2.00. The van der Waals surface area contributed by atoms with Crippen LogP contribution in [0, 0.1) is 0 Å². The second-order valence-corrected chi connectivity index (χ2v) is 3.45. The van der Waals surface area contributed by atoms with Crippen LogP contribution in [-0.2, 0) is 4.79 Å². The second kappa shape index (κ2) is 4.09. The Kier molecular flexibility index (Phi) is 2.61. The molecule has 1 aromatic carbocycles. The monoisotopic (exact) mass is 231 g/mol. The molecule has 0 atom stereocenters. The third-order valence-electron chi connectivity index (χ3n) is 2.20. The summed E-state index contributed by atoms with van der Waals surface area (Å²) in [5, 5.41) is 0.344. The van der Waals surface area contributed by atoms with E-state index in [1.165, 1.54) is 12.2 Å². The van der Waals surface area contributed by atoms with Crippen LogP contribution in [0.3, 0.4) is 0 Å². The fourth-order valence-electron chi connectivity index (χ4n) is 1.46. The third-order valence-corrected chi connectivity index (χ3v) is 2.20. The number of nitrogens with two attached hydrogens (primary N) is 1. The number of primary amides is 1. The van der Waals surface area contributed by atoms with Gasteiger partial charge < -0.3 is 10.7 Å². The molecule has 0 saturated heterocycles. The van der Waals surface area contributed by atoms with Crippen molar-refractivity contribution < 1.29 is 4.79 Å². The number of hydrogen-bond donors (Lipinski definition) is 3. The molecule has 6 heteroatoms. The average Bonchev–Trinajstić information content (AvgIpc) is 2.26. The Bertz CT molecular complexity index is 725. The molecule has 0 unspecified atom stereocenters. The van der Waals surface area contributed by atoms with Gasteiger partial charge in [-0.05, 0) is 23.8 Å². The van der Waals surface area contributed by atoms with Crippen LogP contribution in [0.1, 0.15) is 5.56 Å². The van der Waals surface area contributed by atoms with E-state index < -0.39 is 17.2 Å². The van der Waals surface area contributed by atoms with E-state index in [-0.39, 0.29) is 0 Å². The van der Waals surface area contributed by atoms with Gasteiger partial charge in [-0.25, -0.2) is 4.79 Å². The van der Waals surface area contributed by atoms with E-state index in [0.717, 1.165) is 0 Å². The molecule has 2 rings (SSSR count). The zero-order valence-electron chi connectivity index (χ0n) is 8.69. The summed E-state index contributed by atoms with van der Waals surface area (Å²) >= 11 is 0. The van der Waals surface area contributed by atoms with Crippen molar-refractivity contribution in [3.8, 4) is 0 Å². The van der Waals surface area contributed by atoms with Crippen molar-refractivity contribution in [2.45, 2.75) is 0 Å². The van der Waals surface area contributed by atoms with E-state index in [2.05, 4.69) is 9.97 Å². The number of carbonyl (C=O) groups is 1. The van der Waals surface area contributed by atoms with Crippen molar-refractivity contribution in [3.63, 3.8) is 0 Å². The predicted molar refractivity (Wildman–Crippen MR) is 63.4 cm³/mol. The number of hydrogen-bond acceptors (Lipinski definition) is 3. The largest absolute Gasteiger partial charge is 0.366 e. The van der Waals surface area contributed by atoms with Crippen LogP contribution >= 0.6 is 0 Å². The molecule has 4 N–H and O–H groups in total. The highest BCUT2D eigenvalue weighted by atomic mass is 16.2. The van der Waals surface area contributed by atoms with Gasteiger partial charge in [0.25, 0.3) is 5.56 Å². The number of carbonyl (C=O) groups excluding carboxylic acids is 1. The van der Waals surface area contributed by atoms with E-state index in [4.69, 9.17) is 5.73 Å². The van der Waals surface area contributed by atoms with Crippen LogP contribution in [0.15, 0.2) is 33.9 Å². The first kappa shape index (κ1) is 10.9. The molecule has 1 aromatic heterocycles. The standard InChI is InChI=1S/C11H9N3O3/c12-9(15)4-2-6-1-3-8-7(5-6)10(16)14-11(17)13-8/h1-5H,(H2,12,15)(H2,13,14,16,17). The Morgan fingerprint density at radius 1 is 1.24 bits per heavy atom. The van der Waals surface area contributed by atoms with Crippen LogP contribution in [0.4, 0.5) is 0 Å². The molecule has 17 heavy (non-hydrogen) atoms. The normalized spacial score (nSPS) is 11.1. The zero-order chi connectivity index (χ0) is 12.4. The average molecular weight is 231 g/mol. The predicted octanol–water partition coefficient (Wildman–Crippen LogP) is -0.285. The molecule has 86 valence electrons. The highest BCUT2D eigenvalue weighted by Crippen LogP contribution is 2.09. The Hall–Kier alpha value is -2.63. The maximum absolute atomic E-state index is 11.5. The molecule has 0 aliphatic rings. The summed E-state index contributed by atoms with van der Waals surface area (Å²) in [6, 6.07) is 4.81. The first-order valence-electron chi connectivity index (χ1n) is 4.80. The first-order valence-corrected chi connectivity index (χ1v) is 4.80. The summed E-state index contributed by atoms with van der Waals surface area (Å²) in [6.07, 6.45) is 2.69. The molecule has 6 nitrogen and oxygen atoms in total. The number of aromatic amines is 2. The number of rotatable bonds is 2. The molecule has 1 amide bonds. The van der Waals surface area contributed by atoms with Gasteiger partial charge in [0.15, 0.2) is 0 Å². The molecule has 0 aliphatic heterocycles. The van der Waals surface area contributed by atoms with E-state index in [0.29, 0.717) is 16.5 Å². The molecule has 0 radical (unpaired) electrons. The van der Waals surface area contributed by atoms with Gasteiger partial charge in [-0.3, -0.25) is 14.6 Å². The topological polar surface area (TPSA) is 109 Å². The number of nitrogens with one attached hydrogen (secondary N) is 2. The maximum Gasteiger partial charge on any atom is 0.326 e. The van der Waals surface area contributed by atoms with Crippen LogP contribution in [0.25, 0.3) is 17.0 Å². The summed E-state index contributed by atoms with van der Waals surface area (Å²) in [5.41, 5.74) is 5.02. The highest BCUT2D eigenvalue weighted by molar-refractivity contribution is 5.91. The number of amides is 1. The van der Waals surface area contributed by atoms with Crippen molar-refractivity contribution in [1.82, 2.24) is 9.97 Å². The van der Waals surface area contributed by atoms with Crippen molar-refractivity contribution in [1.29, 1.82) is 0 Å². The zero-order valence-corrected chi connectivity index (χ0v) is 8.69. The van der Waals surface area contributed by atoms with E-state index in [9.17, 15) is 14.4 Å². The van der Waals surface area contributed by atoms with Crippen LogP contribution in [-0.4, -0.2) is 15.9 Å². The van der Waals surface area contributed by atoms with E-state index in [1.54, 1.807) is 18.2 Å². The Balaban J connectivity index is 2.62. The van der Waals surface area contributed by atoms with Gasteiger partial charge in [-0.2, -0.15) is 0 Å². The van der Waals surface area contributed by atoms with Crippen LogP contribution in [0.5, 0.6) is 0 Å². The maximum atomic E-state index is 11.5. The van der Waals surface area contributed by atoms with Crippen LogP contribution < -0.4 is 17.0 Å². The van der Waals surface area contributed by atoms with Gasteiger partial charge in [0.05, 0.1) is 10.9 Å². The van der Waals surface area contributed by atoms with Gasteiger partial charge in [0.2, 0.25) is 5.91 Å². The number of benzene rings is 1. The number of aromatic nitrogens is 2. The van der Waals surface area contributed by atoms with Crippen molar-refractivity contribution >= 4 is 22.9 Å². The molecular weight excluding hydrogens is 222 g/mol. The molecule has 0 spiro atoms. The number of H-pyrrole nitrogens is 2. The molecule has 1 heterocycles. The number of fused-ring (bicyclic) bond motifs is 1. The summed E-state index contributed by atoms with van der Waals surface area (Å²) in [4.78, 5) is 37.7. The van der Waals surface area contributed by atoms with Crippen molar-refractivity contribution in [3.05, 3.63) is 50.7 Å². The quantitative estimate of drug-likeness (QED) is 0.618. The molecule has 2 aromatic rings. The summed E-state index contributed by atoms with van der Waals surface area (Å²) < 4.78 is 0. The second-order valence-electron chi connectivity index (χ2n) is 3.45. The van der Waals surface area contributed by atoms with Crippen molar-refractivity contribution in [2.75, 3.05) is 0 Å². The fraction of sp³-hybridized carbons (Fsp3) is 0. The lowest BCUT2D eigenvalue weighted by Crippen LogP contribution is -2.21.